The van der Waals surface area contributed by atoms with Gasteiger partial charge in [0, 0.05) is 18.8 Å². The van der Waals surface area contributed by atoms with Crippen molar-refractivity contribution in [1.82, 2.24) is 14.9 Å². The van der Waals surface area contributed by atoms with Gasteiger partial charge in [-0.1, -0.05) is 18.7 Å². The molecule has 1 unspecified atom stereocenters. The Hall–Kier alpha value is -1.88. The fourth-order valence-electron chi connectivity index (χ4n) is 2.80. The number of rotatable bonds is 8. The minimum Gasteiger partial charge on any atom is -0.462 e. The zero-order chi connectivity index (χ0) is 20.0. The second kappa shape index (κ2) is 9.36. The Bertz CT molecular complexity index is 800. The van der Waals surface area contributed by atoms with E-state index in [1.807, 2.05) is 6.92 Å². The van der Waals surface area contributed by atoms with Gasteiger partial charge in [-0.05, 0) is 19.8 Å². The quantitative estimate of drug-likeness (QED) is 0.370. The molecule has 9 nitrogen and oxygen atoms in total. The summed E-state index contributed by atoms with van der Waals surface area (Å²) in [5, 5.41) is 0.268. The molecule has 1 amide bonds. The number of carbonyl (C=O) groups excluding carboxylic acids is 2. The molecule has 2 heterocycles. The van der Waals surface area contributed by atoms with E-state index in [1.54, 1.807) is 11.8 Å². The minimum atomic E-state index is -3.07. The largest absolute Gasteiger partial charge is 0.462 e. The first-order valence-electron chi connectivity index (χ1n) is 8.69. The molecule has 1 atom stereocenters. The van der Waals surface area contributed by atoms with Crippen LogP contribution in [-0.4, -0.2) is 71.6 Å². The smallest absolute Gasteiger partial charge is 0.343 e. The van der Waals surface area contributed by atoms with E-state index in [0.29, 0.717) is 13.0 Å². The standard InChI is InChI=1S/C16H24N4O5S2/c1-3-6-20(11-5-7-27(23,24)10-11)13(21)9-26-16-18-8-12(14(17)19-16)15(22)25-4-2/h8,11H,3-7,9-10H2,1-2H3,(H2,17,18,19). The maximum absolute atomic E-state index is 12.6. The summed E-state index contributed by atoms with van der Waals surface area (Å²) in [5.41, 5.74) is 5.85. The van der Waals surface area contributed by atoms with Gasteiger partial charge in [0.05, 0.1) is 23.9 Å². The monoisotopic (exact) mass is 416 g/mol. The van der Waals surface area contributed by atoms with Crippen molar-refractivity contribution in [2.75, 3.05) is 36.1 Å². The molecule has 1 aromatic rings. The van der Waals surface area contributed by atoms with Gasteiger partial charge >= 0.3 is 5.97 Å². The maximum Gasteiger partial charge on any atom is 0.343 e. The van der Waals surface area contributed by atoms with Crippen LogP contribution in [0.3, 0.4) is 0 Å². The third-order valence-electron chi connectivity index (χ3n) is 4.05. The van der Waals surface area contributed by atoms with Crippen molar-refractivity contribution in [3.05, 3.63) is 11.8 Å². The van der Waals surface area contributed by atoms with Gasteiger partial charge < -0.3 is 15.4 Å². The fourth-order valence-corrected chi connectivity index (χ4v) is 5.24. The van der Waals surface area contributed by atoms with Crippen LogP contribution in [0, 0.1) is 0 Å². The summed E-state index contributed by atoms with van der Waals surface area (Å²) >= 11 is 1.09. The van der Waals surface area contributed by atoms with Crippen molar-refractivity contribution in [1.29, 1.82) is 0 Å². The topological polar surface area (TPSA) is 133 Å². The highest BCUT2D eigenvalue weighted by Gasteiger charge is 2.34. The number of sulfone groups is 1. The summed E-state index contributed by atoms with van der Waals surface area (Å²) in [5.74, 6) is -0.575. The molecule has 2 rings (SSSR count). The van der Waals surface area contributed by atoms with Gasteiger partial charge in [-0.2, -0.15) is 0 Å². The summed E-state index contributed by atoms with van der Waals surface area (Å²) in [6, 6.07) is -0.278. The van der Waals surface area contributed by atoms with Crippen LogP contribution in [0.1, 0.15) is 37.0 Å². The predicted octanol–water partition coefficient (Wildman–Crippen LogP) is 0.753. The number of carbonyl (C=O) groups is 2. The highest BCUT2D eigenvalue weighted by molar-refractivity contribution is 7.99. The molecule has 27 heavy (non-hydrogen) atoms. The number of thioether (sulfide) groups is 1. The summed E-state index contributed by atoms with van der Waals surface area (Å²) < 4.78 is 28.3. The molecule has 0 bridgehead atoms. The molecular formula is C16H24N4O5S2. The SMILES string of the molecule is CCCN(C(=O)CSc1ncc(C(=O)OCC)c(N)n1)C1CCS(=O)(=O)C1. The van der Waals surface area contributed by atoms with Crippen LogP contribution in [-0.2, 0) is 19.4 Å². The Morgan fingerprint density at radius 3 is 2.70 bits per heavy atom. The van der Waals surface area contributed by atoms with E-state index in [4.69, 9.17) is 10.5 Å². The number of hydrogen-bond acceptors (Lipinski definition) is 9. The molecule has 0 spiro atoms. The lowest BCUT2D eigenvalue weighted by Gasteiger charge is -2.27. The van der Waals surface area contributed by atoms with Crippen LogP contribution in [0.15, 0.2) is 11.4 Å². The lowest BCUT2D eigenvalue weighted by Crippen LogP contribution is -2.42. The Labute approximate surface area is 163 Å². The van der Waals surface area contributed by atoms with Crippen LogP contribution in [0.25, 0.3) is 0 Å². The molecule has 0 saturated carbocycles. The van der Waals surface area contributed by atoms with Gasteiger partial charge in [-0.3, -0.25) is 4.79 Å². The average Bonchev–Trinajstić information content (AvgIpc) is 2.97. The molecule has 2 N–H and O–H groups in total. The van der Waals surface area contributed by atoms with Crippen molar-refractivity contribution in [2.24, 2.45) is 0 Å². The van der Waals surface area contributed by atoms with Crippen LogP contribution >= 0.6 is 11.8 Å². The maximum atomic E-state index is 12.6. The molecule has 1 aliphatic rings. The first-order chi connectivity index (χ1) is 12.8. The number of anilines is 1. The molecule has 0 aliphatic carbocycles. The third-order valence-corrected chi connectivity index (χ3v) is 6.65. The van der Waals surface area contributed by atoms with Gasteiger partial charge in [0.25, 0.3) is 0 Å². The van der Waals surface area contributed by atoms with Gasteiger partial charge in [-0.15, -0.1) is 0 Å². The molecule has 0 radical (unpaired) electrons. The minimum absolute atomic E-state index is 0.00861. The van der Waals surface area contributed by atoms with Crippen molar-refractivity contribution >= 4 is 39.3 Å². The first-order valence-corrected chi connectivity index (χ1v) is 11.5. The van der Waals surface area contributed by atoms with Gasteiger partial charge in [0.2, 0.25) is 5.91 Å². The first kappa shape index (κ1) is 21.4. The zero-order valence-corrected chi connectivity index (χ0v) is 17.0. The molecule has 1 aliphatic heterocycles. The van der Waals surface area contributed by atoms with E-state index >= 15 is 0 Å². The van der Waals surface area contributed by atoms with Crippen LogP contribution in [0.4, 0.5) is 5.82 Å². The molecule has 11 heteroatoms. The lowest BCUT2D eigenvalue weighted by atomic mass is 10.2. The Morgan fingerprint density at radius 2 is 2.15 bits per heavy atom. The summed E-state index contributed by atoms with van der Waals surface area (Å²) in [6.45, 7) is 4.34. The lowest BCUT2D eigenvalue weighted by molar-refractivity contribution is -0.130. The van der Waals surface area contributed by atoms with Crippen LogP contribution in [0.2, 0.25) is 0 Å². The normalized spacial score (nSPS) is 18.2. The van der Waals surface area contributed by atoms with E-state index in [-0.39, 0.29) is 52.4 Å². The Balaban J connectivity index is 2.00. The van der Waals surface area contributed by atoms with E-state index in [0.717, 1.165) is 18.2 Å². The molecule has 0 aromatic carbocycles. The number of ether oxygens (including phenoxy) is 1. The molecule has 1 saturated heterocycles. The zero-order valence-electron chi connectivity index (χ0n) is 15.4. The number of aromatic nitrogens is 2. The van der Waals surface area contributed by atoms with E-state index in [9.17, 15) is 18.0 Å². The van der Waals surface area contributed by atoms with E-state index in [2.05, 4.69) is 9.97 Å². The number of hydrogen-bond donors (Lipinski definition) is 1. The Morgan fingerprint density at radius 1 is 1.41 bits per heavy atom. The number of nitrogen functional groups attached to an aromatic ring is 1. The number of nitrogens with zero attached hydrogens (tertiary/aromatic N) is 3. The van der Waals surface area contributed by atoms with Crippen molar-refractivity contribution < 1.29 is 22.7 Å². The van der Waals surface area contributed by atoms with Crippen LogP contribution in [0.5, 0.6) is 0 Å². The summed E-state index contributed by atoms with van der Waals surface area (Å²) in [7, 11) is -3.07. The highest BCUT2D eigenvalue weighted by Crippen LogP contribution is 2.22. The number of nitrogens with two attached hydrogens (primary N) is 1. The van der Waals surface area contributed by atoms with Gasteiger partial charge in [0.15, 0.2) is 15.0 Å². The van der Waals surface area contributed by atoms with E-state index in [1.165, 1.54) is 6.20 Å². The second-order valence-corrected chi connectivity index (χ2v) is 9.28. The third kappa shape index (κ3) is 5.80. The highest BCUT2D eigenvalue weighted by atomic mass is 32.2. The van der Waals surface area contributed by atoms with Gasteiger partial charge in [-0.25, -0.2) is 23.2 Å². The predicted molar refractivity (Wildman–Crippen MR) is 102 cm³/mol. The molecule has 1 aromatic heterocycles. The Kier molecular flexibility index (Phi) is 7.42. The van der Waals surface area contributed by atoms with E-state index < -0.39 is 15.8 Å². The summed E-state index contributed by atoms with van der Waals surface area (Å²) in [4.78, 5) is 34.0. The second-order valence-electron chi connectivity index (χ2n) is 6.10. The van der Waals surface area contributed by atoms with Crippen molar-refractivity contribution in [2.45, 2.75) is 37.9 Å². The summed E-state index contributed by atoms with van der Waals surface area (Å²) in [6.07, 6.45) is 2.49. The molecular weight excluding hydrogens is 392 g/mol. The average molecular weight is 417 g/mol. The number of amides is 1. The van der Waals surface area contributed by atoms with Crippen molar-refractivity contribution in [3.8, 4) is 0 Å². The molecule has 1 fully saturated rings. The van der Waals surface area contributed by atoms with Gasteiger partial charge in [0.1, 0.15) is 11.4 Å². The fraction of sp³-hybridized carbons (Fsp3) is 0.625. The van der Waals surface area contributed by atoms with Crippen molar-refractivity contribution in [3.63, 3.8) is 0 Å². The number of esters is 1. The molecule has 150 valence electrons. The van der Waals surface area contributed by atoms with Crippen LogP contribution < -0.4 is 5.73 Å².